The van der Waals surface area contributed by atoms with Crippen LogP contribution in [0.1, 0.15) is 34.7 Å². The van der Waals surface area contributed by atoms with Gasteiger partial charge in [0.15, 0.2) is 0 Å². The summed E-state index contributed by atoms with van der Waals surface area (Å²) in [6.07, 6.45) is 3.63. The monoisotopic (exact) mass is 360 g/mol. The van der Waals surface area contributed by atoms with Crippen molar-refractivity contribution >= 4 is 32.7 Å². The van der Waals surface area contributed by atoms with Crippen LogP contribution < -0.4 is 5.32 Å². The molecule has 22 heavy (non-hydrogen) atoms. The topological polar surface area (TPSA) is 62.7 Å². The van der Waals surface area contributed by atoms with Crippen molar-refractivity contribution < 1.29 is 4.79 Å². The number of hydrogen-bond acceptors (Lipinski definition) is 2. The molecule has 3 rings (SSSR count). The number of H-pyrrole nitrogens is 1. The molecule has 1 atom stereocenters. The Labute approximate surface area is 136 Å². The van der Waals surface area contributed by atoms with E-state index < -0.39 is 0 Å². The lowest BCUT2D eigenvalue weighted by molar-refractivity contribution is 0.0940. The number of nitrogens with zero attached hydrogens (tertiary/aromatic N) is 2. The zero-order valence-corrected chi connectivity index (χ0v) is 14.2. The average Bonchev–Trinajstić information content (AvgIpc) is 3.01. The number of aromatic amines is 1. The summed E-state index contributed by atoms with van der Waals surface area (Å²) in [6, 6.07) is 5.73. The first-order valence-corrected chi connectivity index (χ1v) is 7.81. The molecule has 0 aliphatic rings. The number of halogens is 1. The van der Waals surface area contributed by atoms with Gasteiger partial charge in [0, 0.05) is 34.3 Å². The largest absolute Gasteiger partial charge is 0.358 e. The molecular weight excluding hydrogens is 344 g/mol. The predicted octanol–water partition coefficient (Wildman–Crippen LogP) is 3.46. The molecule has 2 N–H and O–H groups in total. The molecule has 0 bridgehead atoms. The van der Waals surface area contributed by atoms with Gasteiger partial charge in [0.1, 0.15) is 0 Å². The number of aryl methyl sites for hydroxylation is 2. The number of nitrogens with one attached hydrogen (secondary N) is 2. The van der Waals surface area contributed by atoms with E-state index in [-0.39, 0.29) is 11.9 Å². The molecule has 0 spiro atoms. The fraction of sp³-hybridized carbons (Fsp3) is 0.250. The van der Waals surface area contributed by atoms with Crippen LogP contribution in [-0.4, -0.2) is 20.4 Å². The number of hydrogen-bond donors (Lipinski definition) is 2. The van der Waals surface area contributed by atoms with Gasteiger partial charge in [0.2, 0.25) is 0 Å². The van der Waals surface area contributed by atoms with E-state index in [9.17, 15) is 4.79 Å². The Hall–Kier alpha value is -2.08. The highest BCUT2D eigenvalue weighted by Crippen LogP contribution is 2.26. The van der Waals surface area contributed by atoms with Gasteiger partial charge < -0.3 is 14.9 Å². The van der Waals surface area contributed by atoms with E-state index in [2.05, 4.69) is 31.2 Å². The van der Waals surface area contributed by atoms with Crippen molar-refractivity contribution in [3.05, 3.63) is 52.1 Å². The first-order chi connectivity index (χ1) is 10.5. The molecule has 0 aliphatic heterocycles. The lowest BCUT2D eigenvalue weighted by atomic mass is 10.1. The maximum absolute atomic E-state index is 12.7. The second-order valence-electron chi connectivity index (χ2n) is 5.47. The number of benzene rings is 1. The van der Waals surface area contributed by atoms with E-state index in [0.717, 1.165) is 26.8 Å². The first kappa shape index (κ1) is 14.8. The summed E-state index contributed by atoms with van der Waals surface area (Å²) in [5, 5.41) is 3.93. The lowest BCUT2D eigenvalue weighted by Crippen LogP contribution is -2.27. The standard InChI is InChI=1S/C16H17BrN4O/c1-9(14-7-21(3)8-18-14)20-16(22)15-10(2)19-13-5-4-11(17)6-12(13)15/h4-9,19H,1-3H3,(H,20,22). The molecule has 2 aromatic heterocycles. The van der Waals surface area contributed by atoms with E-state index in [1.165, 1.54) is 0 Å². The van der Waals surface area contributed by atoms with Gasteiger partial charge in [0.05, 0.1) is 23.6 Å². The highest BCUT2D eigenvalue weighted by molar-refractivity contribution is 9.10. The van der Waals surface area contributed by atoms with Crippen molar-refractivity contribution in [3.63, 3.8) is 0 Å². The number of fused-ring (bicyclic) bond motifs is 1. The lowest BCUT2D eigenvalue weighted by Gasteiger charge is -2.11. The Bertz CT molecular complexity index is 849. The fourth-order valence-corrected chi connectivity index (χ4v) is 2.95. The van der Waals surface area contributed by atoms with E-state index in [4.69, 9.17) is 0 Å². The average molecular weight is 361 g/mol. The van der Waals surface area contributed by atoms with Gasteiger partial charge in [-0.3, -0.25) is 4.79 Å². The number of imidazole rings is 1. The minimum absolute atomic E-state index is 0.0972. The zero-order chi connectivity index (χ0) is 15.9. The number of carbonyl (C=O) groups is 1. The van der Waals surface area contributed by atoms with Crippen LogP contribution in [-0.2, 0) is 7.05 Å². The summed E-state index contributed by atoms with van der Waals surface area (Å²) in [5.41, 5.74) is 3.34. The van der Waals surface area contributed by atoms with E-state index in [0.29, 0.717) is 5.56 Å². The molecule has 1 amide bonds. The number of carbonyl (C=O) groups excluding carboxylic acids is 1. The van der Waals surface area contributed by atoms with Crippen LogP contribution in [0, 0.1) is 6.92 Å². The fourth-order valence-electron chi connectivity index (χ4n) is 2.59. The van der Waals surface area contributed by atoms with Crippen molar-refractivity contribution in [2.24, 2.45) is 7.05 Å². The Balaban J connectivity index is 1.92. The van der Waals surface area contributed by atoms with Crippen LogP contribution in [0.5, 0.6) is 0 Å². The van der Waals surface area contributed by atoms with Crippen LogP contribution in [0.2, 0.25) is 0 Å². The molecule has 0 fully saturated rings. The Kier molecular flexibility index (Phi) is 3.78. The van der Waals surface area contributed by atoms with Crippen LogP contribution in [0.25, 0.3) is 10.9 Å². The van der Waals surface area contributed by atoms with E-state index in [1.54, 1.807) is 6.33 Å². The second kappa shape index (κ2) is 5.61. The molecular formula is C16H17BrN4O. The maximum Gasteiger partial charge on any atom is 0.254 e. The van der Waals surface area contributed by atoms with Gasteiger partial charge in [-0.25, -0.2) is 4.98 Å². The molecule has 5 nitrogen and oxygen atoms in total. The molecule has 3 aromatic rings. The quantitative estimate of drug-likeness (QED) is 0.751. The van der Waals surface area contributed by atoms with Crippen molar-refractivity contribution in [1.29, 1.82) is 0 Å². The van der Waals surface area contributed by atoms with Gasteiger partial charge in [-0.2, -0.15) is 0 Å². The molecule has 0 saturated carbocycles. The third kappa shape index (κ3) is 2.66. The van der Waals surface area contributed by atoms with Crippen LogP contribution in [0.3, 0.4) is 0 Å². The van der Waals surface area contributed by atoms with Crippen molar-refractivity contribution in [2.75, 3.05) is 0 Å². The number of amides is 1. The second-order valence-corrected chi connectivity index (χ2v) is 6.39. The van der Waals surface area contributed by atoms with Crippen molar-refractivity contribution in [2.45, 2.75) is 19.9 Å². The minimum atomic E-state index is -0.148. The molecule has 1 unspecified atom stereocenters. The van der Waals surface area contributed by atoms with Gasteiger partial charge in [-0.05, 0) is 32.0 Å². The Morgan fingerprint density at radius 3 is 2.91 bits per heavy atom. The summed E-state index contributed by atoms with van der Waals surface area (Å²) in [5.74, 6) is -0.0972. The van der Waals surface area contributed by atoms with E-state index in [1.807, 2.05) is 49.9 Å². The van der Waals surface area contributed by atoms with Gasteiger partial charge in [-0.1, -0.05) is 15.9 Å². The molecule has 0 aliphatic carbocycles. The van der Waals surface area contributed by atoms with Gasteiger partial charge in [-0.15, -0.1) is 0 Å². The molecule has 0 saturated heterocycles. The molecule has 114 valence electrons. The van der Waals surface area contributed by atoms with Gasteiger partial charge in [0.25, 0.3) is 5.91 Å². The summed E-state index contributed by atoms with van der Waals surface area (Å²) < 4.78 is 2.82. The smallest absolute Gasteiger partial charge is 0.254 e. The summed E-state index contributed by atoms with van der Waals surface area (Å²) in [4.78, 5) is 20.2. The Morgan fingerprint density at radius 2 is 2.23 bits per heavy atom. The maximum atomic E-state index is 12.7. The van der Waals surface area contributed by atoms with Crippen molar-refractivity contribution in [3.8, 4) is 0 Å². The van der Waals surface area contributed by atoms with E-state index >= 15 is 0 Å². The third-order valence-corrected chi connectivity index (χ3v) is 4.18. The SMILES string of the molecule is Cc1[nH]c2ccc(Br)cc2c1C(=O)NC(C)c1cn(C)cn1. The van der Waals surface area contributed by atoms with Crippen LogP contribution in [0.15, 0.2) is 35.2 Å². The third-order valence-electron chi connectivity index (χ3n) is 3.69. The highest BCUT2D eigenvalue weighted by Gasteiger charge is 2.19. The number of rotatable bonds is 3. The molecule has 1 aromatic carbocycles. The van der Waals surface area contributed by atoms with Crippen molar-refractivity contribution in [1.82, 2.24) is 19.9 Å². The summed E-state index contributed by atoms with van der Waals surface area (Å²) >= 11 is 3.46. The molecule has 2 heterocycles. The molecule has 0 radical (unpaired) electrons. The highest BCUT2D eigenvalue weighted by atomic mass is 79.9. The van der Waals surface area contributed by atoms with Crippen LogP contribution in [0.4, 0.5) is 0 Å². The summed E-state index contributed by atoms with van der Waals surface area (Å²) in [6.45, 7) is 3.84. The van der Waals surface area contributed by atoms with Crippen LogP contribution >= 0.6 is 15.9 Å². The Morgan fingerprint density at radius 1 is 1.45 bits per heavy atom. The zero-order valence-electron chi connectivity index (χ0n) is 12.6. The minimum Gasteiger partial charge on any atom is -0.358 e. The number of aromatic nitrogens is 3. The first-order valence-electron chi connectivity index (χ1n) is 7.02. The predicted molar refractivity (Wildman–Crippen MR) is 89.8 cm³/mol. The molecule has 6 heteroatoms. The summed E-state index contributed by atoms with van der Waals surface area (Å²) in [7, 11) is 1.91. The van der Waals surface area contributed by atoms with Gasteiger partial charge >= 0.3 is 0 Å². The normalized spacial score (nSPS) is 12.5.